The van der Waals surface area contributed by atoms with Gasteiger partial charge >= 0.3 is 0 Å². The van der Waals surface area contributed by atoms with Crippen LogP contribution < -0.4 is 10.1 Å². The number of carbonyl (C=O) groups is 1. The highest BCUT2D eigenvalue weighted by Gasteiger charge is 2.50. The van der Waals surface area contributed by atoms with E-state index in [4.69, 9.17) is 4.74 Å². The SMILES string of the molecule is CCOc1ccc(F)c(-c2cc([C@H]3CC[C@]4(CCN(C)C4=O)N3)ncc2F)c1. The molecule has 1 spiro atoms. The predicted molar refractivity (Wildman–Crippen MR) is 101 cm³/mol. The standard InChI is InChI=1S/C21H23F2N3O2/c1-3-28-13-4-5-16(22)14(10-13)15-11-19(24-12-17(15)23)18-6-7-21(25-18)8-9-26(2)20(21)27/h4-5,10-12,18,25H,3,6-9H2,1-2H3/t18-,21-/m1/s1. The second-order valence-electron chi connectivity index (χ2n) is 7.46. The van der Waals surface area contributed by atoms with Gasteiger partial charge in [0.2, 0.25) is 5.91 Å². The molecule has 7 heteroatoms. The largest absolute Gasteiger partial charge is 0.494 e. The van der Waals surface area contributed by atoms with Gasteiger partial charge in [0.05, 0.1) is 24.5 Å². The molecule has 0 bridgehead atoms. The zero-order valence-corrected chi connectivity index (χ0v) is 16.0. The van der Waals surface area contributed by atoms with Crippen molar-refractivity contribution in [2.45, 2.75) is 37.8 Å². The smallest absolute Gasteiger partial charge is 0.242 e. The summed E-state index contributed by atoms with van der Waals surface area (Å²) in [7, 11) is 1.80. The lowest BCUT2D eigenvalue weighted by molar-refractivity contribution is -0.131. The maximum absolute atomic E-state index is 14.5. The van der Waals surface area contributed by atoms with Crippen molar-refractivity contribution < 1.29 is 18.3 Å². The average molecular weight is 387 g/mol. The molecule has 2 aliphatic rings. The summed E-state index contributed by atoms with van der Waals surface area (Å²) in [4.78, 5) is 18.5. The van der Waals surface area contributed by atoms with E-state index >= 15 is 0 Å². The number of pyridine rings is 1. The molecule has 4 rings (SSSR count). The fraction of sp³-hybridized carbons (Fsp3) is 0.429. The molecule has 2 aromatic rings. The Balaban J connectivity index is 1.66. The number of amides is 1. The predicted octanol–water partition coefficient (Wildman–Crippen LogP) is 3.45. The monoisotopic (exact) mass is 387 g/mol. The minimum absolute atomic E-state index is 0.0906. The van der Waals surface area contributed by atoms with Crippen LogP contribution in [-0.2, 0) is 4.79 Å². The number of nitrogens with one attached hydrogen (secondary N) is 1. The van der Waals surface area contributed by atoms with Crippen LogP contribution in [-0.4, -0.2) is 41.5 Å². The van der Waals surface area contributed by atoms with E-state index in [1.807, 2.05) is 6.92 Å². The summed E-state index contributed by atoms with van der Waals surface area (Å²) in [6, 6.07) is 5.69. The molecule has 1 amide bonds. The maximum Gasteiger partial charge on any atom is 0.242 e. The fourth-order valence-electron chi connectivity index (χ4n) is 4.21. The third-order valence-corrected chi connectivity index (χ3v) is 5.71. The van der Waals surface area contributed by atoms with Gasteiger partial charge in [-0.05, 0) is 50.5 Å². The van der Waals surface area contributed by atoms with Gasteiger partial charge in [-0.2, -0.15) is 0 Å². The number of likely N-dealkylation sites (tertiary alicyclic amines) is 1. The first-order valence-electron chi connectivity index (χ1n) is 9.55. The van der Waals surface area contributed by atoms with Crippen LogP contribution in [0.1, 0.15) is 37.9 Å². The average Bonchev–Trinajstić information content (AvgIpc) is 3.24. The molecule has 148 valence electrons. The number of hydrogen-bond acceptors (Lipinski definition) is 4. The van der Waals surface area contributed by atoms with Gasteiger partial charge < -0.3 is 9.64 Å². The number of halogens is 2. The quantitative estimate of drug-likeness (QED) is 0.873. The van der Waals surface area contributed by atoms with Gasteiger partial charge in [0.15, 0.2) is 0 Å². The number of aromatic nitrogens is 1. The molecule has 28 heavy (non-hydrogen) atoms. The van der Waals surface area contributed by atoms with Crippen LogP contribution in [0.5, 0.6) is 5.75 Å². The molecule has 2 aliphatic heterocycles. The lowest BCUT2D eigenvalue weighted by Gasteiger charge is -2.23. The maximum atomic E-state index is 14.5. The third-order valence-electron chi connectivity index (χ3n) is 5.71. The highest BCUT2D eigenvalue weighted by Crippen LogP contribution is 2.39. The third kappa shape index (κ3) is 3.13. The van der Waals surface area contributed by atoms with E-state index in [9.17, 15) is 13.6 Å². The van der Waals surface area contributed by atoms with Crippen molar-refractivity contribution in [3.8, 4) is 16.9 Å². The molecule has 1 aromatic carbocycles. The van der Waals surface area contributed by atoms with Crippen LogP contribution >= 0.6 is 0 Å². The Morgan fingerprint density at radius 2 is 2.04 bits per heavy atom. The molecule has 5 nitrogen and oxygen atoms in total. The Hall–Kier alpha value is -2.54. The topological polar surface area (TPSA) is 54.5 Å². The van der Waals surface area contributed by atoms with E-state index in [2.05, 4.69) is 10.3 Å². The first kappa shape index (κ1) is 18.8. The van der Waals surface area contributed by atoms with Crippen molar-refractivity contribution in [1.29, 1.82) is 0 Å². The lowest BCUT2D eigenvalue weighted by atomic mass is 9.96. The minimum Gasteiger partial charge on any atom is -0.494 e. The van der Waals surface area contributed by atoms with Gasteiger partial charge in [-0.1, -0.05) is 0 Å². The Labute approximate surface area is 162 Å². The van der Waals surface area contributed by atoms with Crippen molar-refractivity contribution >= 4 is 5.91 Å². The van der Waals surface area contributed by atoms with Crippen molar-refractivity contribution in [2.75, 3.05) is 20.2 Å². The number of carbonyl (C=O) groups excluding carboxylic acids is 1. The van der Waals surface area contributed by atoms with E-state index in [0.29, 0.717) is 24.5 Å². The summed E-state index contributed by atoms with van der Waals surface area (Å²) in [6.07, 6.45) is 3.30. The van der Waals surface area contributed by atoms with Crippen molar-refractivity contribution in [3.05, 3.63) is 47.8 Å². The van der Waals surface area contributed by atoms with Gasteiger partial charge in [-0.25, -0.2) is 8.78 Å². The van der Waals surface area contributed by atoms with E-state index in [1.165, 1.54) is 18.2 Å². The van der Waals surface area contributed by atoms with Gasteiger partial charge in [0, 0.05) is 24.7 Å². The zero-order valence-electron chi connectivity index (χ0n) is 16.0. The minimum atomic E-state index is -0.597. The molecule has 0 unspecified atom stereocenters. The number of nitrogens with zero attached hydrogens (tertiary/aromatic N) is 2. The number of rotatable bonds is 4. The van der Waals surface area contributed by atoms with E-state index in [0.717, 1.165) is 25.6 Å². The molecule has 0 saturated carbocycles. The normalized spacial score (nSPS) is 24.4. The van der Waals surface area contributed by atoms with Crippen molar-refractivity contribution in [2.24, 2.45) is 0 Å². The summed E-state index contributed by atoms with van der Waals surface area (Å²) in [6.45, 7) is 2.99. The molecule has 0 radical (unpaired) electrons. The van der Waals surface area contributed by atoms with Crippen LogP contribution in [0.3, 0.4) is 0 Å². The molecular weight excluding hydrogens is 364 g/mol. The number of likely N-dealkylation sites (N-methyl/N-ethyl adjacent to an activating group) is 1. The Bertz CT molecular complexity index is 921. The van der Waals surface area contributed by atoms with Gasteiger partial charge in [0.25, 0.3) is 0 Å². The van der Waals surface area contributed by atoms with Crippen LogP contribution in [0.4, 0.5) is 8.78 Å². The van der Waals surface area contributed by atoms with Crippen LogP contribution in [0.2, 0.25) is 0 Å². The van der Waals surface area contributed by atoms with Crippen LogP contribution in [0.25, 0.3) is 11.1 Å². The van der Waals surface area contributed by atoms with Gasteiger partial charge in [-0.15, -0.1) is 0 Å². The van der Waals surface area contributed by atoms with E-state index in [1.54, 1.807) is 18.0 Å². The first-order valence-corrected chi connectivity index (χ1v) is 9.55. The van der Waals surface area contributed by atoms with Crippen molar-refractivity contribution in [3.63, 3.8) is 0 Å². The molecule has 2 saturated heterocycles. The van der Waals surface area contributed by atoms with Gasteiger partial charge in [-0.3, -0.25) is 15.1 Å². The highest BCUT2D eigenvalue weighted by atomic mass is 19.1. The van der Waals surface area contributed by atoms with Crippen LogP contribution in [0.15, 0.2) is 30.5 Å². The molecule has 2 atom stereocenters. The van der Waals surface area contributed by atoms with E-state index < -0.39 is 17.2 Å². The molecule has 3 heterocycles. The summed E-state index contributed by atoms with van der Waals surface area (Å²) >= 11 is 0. The van der Waals surface area contributed by atoms with Crippen molar-refractivity contribution in [1.82, 2.24) is 15.2 Å². The summed E-state index contributed by atoms with van der Waals surface area (Å²) in [5, 5.41) is 3.41. The van der Waals surface area contributed by atoms with Gasteiger partial charge in [0.1, 0.15) is 22.9 Å². The summed E-state index contributed by atoms with van der Waals surface area (Å²) < 4.78 is 34.3. The number of ether oxygens (including phenoxy) is 1. The first-order chi connectivity index (χ1) is 13.4. The molecule has 2 fully saturated rings. The van der Waals surface area contributed by atoms with E-state index in [-0.39, 0.29) is 23.1 Å². The Morgan fingerprint density at radius 3 is 2.75 bits per heavy atom. The summed E-state index contributed by atoms with van der Waals surface area (Å²) in [5.74, 6) is -0.550. The van der Waals surface area contributed by atoms with Crippen LogP contribution in [0, 0.1) is 11.6 Å². The zero-order chi connectivity index (χ0) is 19.9. The molecule has 0 aliphatic carbocycles. The number of hydrogen-bond donors (Lipinski definition) is 1. The lowest BCUT2D eigenvalue weighted by Crippen LogP contribution is -2.47. The number of benzene rings is 1. The highest BCUT2D eigenvalue weighted by molar-refractivity contribution is 5.88. The fourth-order valence-corrected chi connectivity index (χ4v) is 4.21. The summed E-state index contributed by atoms with van der Waals surface area (Å²) in [5.41, 5.74) is 0.325. The Morgan fingerprint density at radius 1 is 1.25 bits per heavy atom. The molecule has 1 aromatic heterocycles. The Kier molecular flexibility index (Phi) is 4.79. The second kappa shape index (κ2) is 7.13. The second-order valence-corrected chi connectivity index (χ2v) is 7.46. The molecule has 1 N–H and O–H groups in total. The molecular formula is C21H23F2N3O2.